The summed E-state index contributed by atoms with van der Waals surface area (Å²) in [6.45, 7) is 8.09. The molecule has 0 saturated carbocycles. The molecule has 0 radical (unpaired) electrons. The summed E-state index contributed by atoms with van der Waals surface area (Å²) in [7, 11) is 0. The van der Waals surface area contributed by atoms with Gasteiger partial charge in [-0.25, -0.2) is 14.4 Å². The van der Waals surface area contributed by atoms with Gasteiger partial charge in [-0.3, -0.25) is 9.88 Å². The van der Waals surface area contributed by atoms with E-state index in [2.05, 4.69) is 26.1 Å². The lowest BCUT2D eigenvalue weighted by Crippen LogP contribution is -2.33. The molecule has 1 saturated heterocycles. The summed E-state index contributed by atoms with van der Waals surface area (Å²) in [6.07, 6.45) is 3.60. The molecule has 0 amide bonds. The van der Waals surface area contributed by atoms with Crippen LogP contribution in [-0.2, 0) is 6.54 Å². The highest BCUT2D eigenvalue weighted by molar-refractivity contribution is 5.64. The third-order valence-electron chi connectivity index (χ3n) is 5.36. The van der Waals surface area contributed by atoms with Crippen molar-refractivity contribution in [3.05, 3.63) is 58.9 Å². The summed E-state index contributed by atoms with van der Waals surface area (Å²) in [5.74, 6) is 1.66. The van der Waals surface area contributed by atoms with E-state index in [1.165, 1.54) is 6.07 Å². The van der Waals surface area contributed by atoms with Crippen molar-refractivity contribution in [1.82, 2.24) is 25.0 Å². The van der Waals surface area contributed by atoms with Crippen LogP contribution in [0.5, 0.6) is 0 Å². The van der Waals surface area contributed by atoms with E-state index in [1.807, 2.05) is 20.8 Å². The summed E-state index contributed by atoms with van der Waals surface area (Å²) < 4.78 is 19.2. The highest BCUT2D eigenvalue weighted by atomic mass is 19.1. The number of halogens is 1. The van der Waals surface area contributed by atoms with Gasteiger partial charge < -0.3 is 4.52 Å². The average Bonchev–Trinajstić information content (AvgIpc) is 3.02. The first-order valence-electron chi connectivity index (χ1n) is 9.62. The Balaban J connectivity index is 1.48. The van der Waals surface area contributed by atoms with Crippen LogP contribution < -0.4 is 0 Å². The second-order valence-corrected chi connectivity index (χ2v) is 7.41. The first kappa shape index (κ1) is 18.7. The zero-order valence-electron chi connectivity index (χ0n) is 16.4. The fraction of sp³-hybridized carbons (Fsp3) is 0.429. The largest absolute Gasteiger partial charge is 0.361 e. The summed E-state index contributed by atoms with van der Waals surface area (Å²) in [4.78, 5) is 15.7. The molecule has 0 aromatic carbocycles. The number of hydrogen-bond acceptors (Lipinski definition) is 6. The molecule has 3 aromatic rings. The standard InChI is InChI=1S/C21H24FN5O/c1-13-21(14(2)28-26-13)19-11-18(24-15(3)25-19)16-6-9-27(10-7-16)12-20-17(22)5-4-8-23-20/h4-5,8,11,16H,6-7,9-10,12H2,1-3H3. The predicted octanol–water partition coefficient (Wildman–Crippen LogP) is 3.97. The number of piperidine rings is 1. The molecule has 0 unspecified atom stereocenters. The fourth-order valence-corrected chi connectivity index (χ4v) is 3.91. The van der Waals surface area contributed by atoms with Gasteiger partial charge in [0.1, 0.15) is 17.4 Å². The number of likely N-dealkylation sites (tertiary alicyclic amines) is 1. The molecule has 0 N–H and O–H groups in total. The lowest BCUT2D eigenvalue weighted by atomic mass is 9.92. The lowest BCUT2D eigenvalue weighted by molar-refractivity contribution is 0.198. The summed E-state index contributed by atoms with van der Waals surface area (Å²) >= 11 is 0. The monoisotopic (exact) mass is 381 g/mol. The molecule has 7 heteroatoms. The Bertz CT molecular complexity index is 959. The van der Waals surface area contributed by atoms with Gasteiger partial charge >= 0.3 is 0 Å². The van der Waals surface area contributed by atoms with Crippen LogP contribution >= 0.6 is 0 Å². The number of rotatable bonds is 4. The predicted molar refractivity (Wildman–Crippen MR) is 103 cm³/mol. The fourth-order valence-electron chi connectivity index (χ4n) is 3.91. The van der Waals surface area contributed by atoms with E-state index in [0.29, 0.717) is 18.2 Å². The molecule has 0 aliphatic carbocycles. The van der Waals surface area contributed by atoms with E-state index in [-0.39, 0.29) is 5.82 Å². The molecular formula is C21H24FN5O. The second-order valence-electron chi connectivity index (χ2n) is 7.41. The van der Waals surface area contributed by atoms with Crippen LogP contribution in [-0.4, -0.2) is 38.1 Å². The van der Waals surface area contributed by atoms with Crippen LogP contribution in [0.3, 0.4) is 0 Å². The van der Waals surface area contributed by atoms with Gasteiger partial charge in [0.05, 0.1) is 22.6 Å². The van der Waals surface area contributed by atoms with Crippen LogP contribution in [0.1, 0.15) is 47.4 Å². The van der Waals surface area contributed by atoms with Crippen molar-refractivity contribution in [2.45, 2.75) is 46.1 Å². The van der Waals surface area contributed by atoms with Crippen molar-refractivity contribution in [2.24, 2.45) is 0 Å². The number of aromatic nitrogens is 4. The second kappa shape index (κ2) is 7.75. The van der Waals surface area contributed by atoms with Gasteiger partial charge in [0.15, 0.2) is 0 Å². The Morgan fingerprint density at radius 1 is 1.18 bits per heavy atom. The Labute approximate surface area is 163 Å². The van der Waals surface area contributed by atoms with Gasteiger partial charge in [0.2, 0.25) is 0 Å². The topological polar surface area (TPSA) is 67.9 Å². The van der Waals surface area contributed by atoms with Crippen LogP contribution in [0, 0.1) is 26.6 Å². The maximum Gasteiger partial charge on any atom is 0.146 e. The van der Waals surface area contributed by atoms with E-state index < -0.39 is 0 Å². The molecule has 1 aliphatic rings. The average molecular weight is 381 g/mol. The quantitative estimate of drug-likeness (QED) is 0.681. The molecule has 1 aliphatic heterocycles. The van der Waals surface area contributed by atoms with Crippen LogP contribution in [0.2, 0.25) is 0 Å². The summed E-state index contributed by atoms with van der Waals surface area (Å²) in [5, 5.41) is 4.04. The highest BCUT2D eigenvalue weighted by Gasteiger charge is 2.24. The maximum absolute atomic E-state index is 13.9. The highest BCUT2D eigenvalue weighted by Crippen LogP contribution is 2.31. The number of aryl methyl sites for hydroxylation is 3. The first-order valence-corrected chi connectivity index (χ1v) is 9.62. The Morgan fingerprint density at radius 2 is 1.96 bits per heavy atom. The molecule has 0 atom stereocenters. The van der Waals surface area contributed by atoms with Gasteiger partial charge in [-0.1, -0.05) is 5.16 Å². The van der Waals surface area contributed by atoms with Gasteiger partial charge in [-0.2, -0.15) is 0 Å². The third kappa shape index (κ3) is 3.80. The van der Waals surface area contributed by atoms with Crippen LogP contribution in [0.15, 0.2) is 28.9 Å². The van der Waals surface area contributed by atoms with E-state index in [0.717, 1.165) is 60.2 Å². The van der Waals surface area contributed by atoms with Crippen molar-refractivity contribution in [1.29, 1.82) is 0 Å². The third-order valence-corrected chi connectivity index (χ3v) is 5.36. The lowest BCUT2D eigenvalue weighted by Gasteiger charge is -2.31. The molecule has 4 rings (SSSR count). The zero-order chi connectivity index (χ0) is 19.7. The number of nitrogens with zero attached hydrogens (tertiary/aromatic N) is 5. The minimum absolute atomic E-state index is 0.236. The number of pyridine rings is 1. The summed E-state index contributed by atoms with van der Waals surface area (Å²) in [6, 6.07) is 5.16. The Hall–Kier alpha value is -2.67. The van der Waals surface area contributed by atoms with Crippen molar-refractivity contribution in [3.8, 4) is 11.3 Å². The molecule has 28 heavy (non-hydrogen) atoms. The van der Waals surface area contributed by atoms with Crippen LogP contribution in [0.25, 0.3) is 11.3 Å². The summed E-state index contributed by atoms with van der Waals surface area (Å²) in [5.41, 5.74) is 4.24. The molecule has 3 aromatic heterocycles. The van der Waals surface area contributed by atoms with E-state index >= 15 is 0 Å². The van der Waals surface area contributed by atoms with Gasteiger partial charge in [-0.15, -0.1) is 0 Å². The van der Waals surface area contributed by atoms with E-state index in [9.17, 15) is 4.39 Å². The minimum atomic E-state index is -0.236. The normalized spacial score (nSPS) is 15.9. The zero-order valence-corrected chi connectivity index (χ0v) is 16.4. The molecule has 146 valence electrons. The van der Waals surface area contributed by atoms with Gasteiger partial charge in [-0.05, 0) is 64.9 Å². The molecule has 0 spiro atoms. The van der Waals surface area contributed by atoms with Gasteiger partial charge in [0, 0.05) is 24.4 Å². The molecule has 1 fully saturated rings. The Morgan fingerprint density at radius 3 is 2.64 bits per heavy atom. The number of hydrogen-bond donors (Lipinski definition) is 0. The van der Waals surface area contributed by atoms with Crippen molar-refractivity contribution in [3.63, 3.8) is 0 Å². The first-order chi connectivity index (χ1) is 13.5. The van der Waals surface area contributed by atoms with Crippen LogP contribution in [0.4, 0.5) is 4.39 Å². The van der Waals surface area contributed by atoms with Crippen molar-refractivity contribution < 1.29 is 8.91 Å². The maximum atomic E-state index is 13.9. The molecular weight excluding hydrogens is 357 g/mol. The molecule has 6 nitrogen and oxygen atoms in total. The van der Waals surface area contributed by atoms with Crippen molar-refractivity contribution >= 4 is 0 Å². The van der Waals surface area contributed by atoms with E-state index in [4.69, 9.17) is 9.51 Å². The SMILES string of the molecule is Cc1nc(-c2c(C)noc2C)cc(C2CCN(Cc3ncccc3F)CC2)n1. The van der Waals surface area contributed by atoms with Gasteiger partial charge in [0.25, 0.3) is 0 Å². The Kier molecular flexibility index (Phi) is 5.17. The van der Waals surface area contributed by atoms with E-state index in [1.54, 1.807) is 12.3 Å². The minimum Gasteiger partial charge on any atom is -0.361 e. The smallest absolute Gasteiger partial charge is 0.146 e. The van der Waals surface area contributed by atoms with Crippen molar-refractivity contribution in [2.75, 3.05) is 13.1 Å². The molecule has 4 heterocycles. The molecule has 0 bridgehead atoms.